The summed E-state index contributed by atoms with van der Waals surface area (Å²) in [6, 6.07) is 23.2. The number of aryl methyl sites for hydroxylation is 2. The van der Waals surface area contributed by atoms with Crippen molar-refractivity contribution in [1.29, 1.82) is 0 Å². The summed E-state index contributed by atoms with van der Waals surface area (Å²) in [6.07, 6.45) is 2.14. The van der Waals surface area contributed by atoms with Gasteiger partial charge in [0, 0.05) is 48.4 Å². The van der Waals surface area contributed by atoms with Gasteiger partial charge in [0.15, 0.2) is 0 Å². The maximum atomic E-state index is 2.42. The molecule has 0 amide bonds. The summed E-state index contributed by atoms with van der Waals surface area (Å²) >= 11 is 1.80. The lowest BCUT2D eigenvalue weighted by Crippen LogP contribution is -2.22. The van der Waals surface area contributed by atoms with Crippen LogP contribution in [0.4, 0.5) is 11.4 Å². The summed E-state index contributed by atoms with van der Waals surface area (Å²) in [5.41, 5.74) is 9.46. The Labute approximate surface area is 206 Å². The summed E-state index contributed by atoms with van der Waals surface area (Å²) in [5.74, 6) is 0.220. The number of rotatable bonds is 10. The van der Waals surface area contributed by atoms with Gasteiger partial charge in [-0.25, -0.2) is 0 Å². The van der Waals surface area contributed by atoms with Crippen LogP contribution < -0.4 is 9.80 Å². The van der Waals surface area contributed by atoms with Gasteiger partial charge in [-0.1, -0.05) is 24.3 Å². The van der Waals surface area contributed by atoms with Crippen LogP contribution in [0.3, 0.4) is 0 Å². The third-order valence-electron chi connectivity index (χ3n) is 6.84. The monoisotopic (exact) mass is 460 g/mol. The van der Waals surface area contributed by atoms with Gasteiger partial charge in [-0.15, -0.1) is 11.8 Å². The Balaban J connectivity index is 2.13. The summed E-state index contributed by atoms with van der Waals surface area (Å²) in [7, 11) is 0. The zero-order chi connectivity index (χ0) is 24.0. The predicted molar refractivity (Wildman–Crippen MR) is 149 cm³/mol. The van der Waals surface area contributed by atoms with E-state index in [2.05, 4.69) is 118 Å². The average Bonchev–Trinajstić information content (AvgIpc) is 2.83. The van der Waals surface area contributed by atoms with Gasteiger partial charge in [-0.2, -0.15) is 0 Å². The van der Waals surface area contributed by atoms with Crippen molar-refractivity contribution in [2.45, 2.75) is 52.4 Å². The van der Waals surface area contributed by atoms with E-state index < -0.39 is 0 Å². The number of hydrogen-bond donors (Lipinski definition) is 0. The van der Waals surface area contributed by atoms with Gasteiger partial charge in [0.05, 0.1) is 0 Å². The maximum Gasteiger partial charge on any atom is 0.0368 e. The molecule has 0 aliphatic carbocycles. The Kier molecular flexibility index (Phi) is 8.91. The second kappa shape index (κ2) is 11.7. The Morgan fingerprint density at radius 2 is 1.06 bits per heavy atom. The molecule has 0 aliphatic heterocycles. The molecule has 0 radical (unpaired) electrons. The molecule has 0 fully saturated rings. The molecular formula is C30H40N2S. The normalized spacial score (nSPS) is 11.2. The molecule has 0 bridgehead atoms. The predicted octanol–water partition coefficient (Wildman–Crippen LogP) is 7.90. The third-order valence-corrected chi connectivity index (χ3v) is 7.58. The van der Waals surface area contributed by atoms with Crippen LogP contribution in [0.5, 0.6) is 0 Å². The fourth-order valence-corrected chi connectivity index (χ4v) is 5.27. The molecule has 0 heterocycles. The van der Waals surface area contributed by atoms with Crippen LogP contribution >= 0.6 is 11.8 Å². The van der Waals surface area contributed by atoms with Crippen LogP contribution in [0.1, 0.15) is 61.4 Å². The second-order valence-electron chi connectivity index (χ2n) is 8.63. The topological polar surface area (TPSA) is 6.48 Å². The van der Waals surface area contributed by atoms with Crippen LogP contribution in [0.25, 0.3) is 0 Å². The molecule has 0 N–H and O–H groups in total. The molecule has 176 valence electrons. The largest absolute Gasteiger partial charge is 0.372 e. The van der Waals surface area contributed by atoms with Crippen LogP contribution in [0.2, 0.25) is 0 Å². The molecule has 3 aromatic rings. The van der Waals surface area contributed by atoms with E-state index >= 15 is 0 Å². The molecule has 0 aromatic heterocycles. The van der Waals surface area contributed by atoms with E-state index in [1.807, 2.05) is 0 Å². The Morgan fingerprint density at radius 3 is 1.39 bits per heavy atom. The van der Waals surface area contributed by atoms with Gasteiger partial charge in [-0.3, -0.25) is 0 Å². The first-order valence-corrected chi connectivity index (χ1v) is 13.5. The fourth-order valence-electron chi connectivity index (χ4n) is 4.86. The van der Waals surface area contributed by atoms with E-state index in [1.54, 1.807) is 11.8 Å². The van der Waals surface area contributed by atoms with Gasteiger partial charge < -0.3 is 9.80 Å². The Bertz CT molecular complexity index is 972. The summed E-state index contributed by atoms with van der Waals surface area (Å²) < 4.78 is 0. The number of thioether (sulfide) groups is 1. The molecule has 3 heteroatoms. The minimum Gasteiger partial charge on any atom is -0.372 e. The molecular weight excluding hydrogens is 420 g/mol. The molecule has 3 aromatic carbocycles. The summed E-state index contributed by atoms with van der Waals surface area (Å²) in [5, 5.41) is 0. The van der Waals surface area contributed by atoms with E-state index in [0.29, 0.717) is 0 Å². The van der Waals surface area contributed by atoms with Crippen LogP contribution in [0, 0.1) is 13.8 Å². The van der Waals surface area contributed by atoms with Gasteiger partial charge in [-0.05, 0) is 112 Å². The van der Waals surface area contributed by atoms with Crippen molar-refractivity contribution in [1.82, 2.24) is 0 Å². The molecule has 3 rings (SSSR count). The molecule has 33 heavy (non-hydrogen) atoms. The molecule has 0 atom stereocenters. The van der Waals surface area contributed by atoms with Crippen molar-refractivity contribution in [3.63, 3.8) is 0 Å². The maximum absolute atomic E-state index is 2.42. The Hall–Kier alpha value is -2.39. The minimum atomic E-state index is 0.220. The highest BCUT2D eigenvalue weighted by molar-refractivity contribution is 7.98. The first-order chi connectivity index (χ1) is 16.0. The number of anilines is 2. The van der Waals surface area contributed by atoms with Gasteiger partial charge >= 0.3 is 0 Å². The highest BCUT2D eigenvalue weighted by Crippen LogP contribution is 2.38. The third kappa shape index (κ3) is 5.58. The number of hydrogen-bond acceptors (Lipinski definition) is 3. The lowest BCUT2D eigenvalue weighted by atomic mass is 9.81. The lowest BCUT2D eigenvalue weighted by Gasteiger charge is -2.27. The summed E-state index contributed by atoms with van der Waals surface area (Å²) in [6.45, 7) is 17.6. The first kappa shape index (κ1) is 25.2. The SMILES string of the molecule is CCN(CC)c1ccc(C(c2ccc(SC)cc2)c2ccc(N(CC)CC)cc2C)c(C)c1. The van der Waals surface area contributed by atoms with Crippen molar-refractivity contribution in [2.75, 3.05) is 42.2 Å². The zero-order valence-corrected chi connectivity index (χ0v) is 22.3. The summed E-state index contributed by atoms with van der Waals surface area (Å²) in [4.78, 5) is 6.14. The Morgan fingerprint density at radius 1 is 0.636 bits per heavy atom. The lowest BCUT2D eigenvalue weighted by molar-refractivity contribution is 0.859. The fraction of sp³-hybridized carbons (Fsp3) is 0.400. The van der Waals surface area contributed by atoms with Crippen molar-refractivity contribution >= 4 is 23.1 Å². The van der Waals surface area contributed by atoms with E-state index in [-0.39, 0.29) is 5.92 Å². The van der Waals surface area contributed by atoms with Gasteiger partial charge in [0.25, 0.3) is 0 Å². The molecule has 0 saturated heterocycles. The van der Waals surface area contributed by atoms with E-state index in [0.717, 1.165) is 26.2 Å². The van der Waals surface area contributed by atoms with E-state index in [4.69, 9.17) is 0 Å². The van der Waals surface area contributed by atoms with E-state index in [1.165, 1.54) is 44.1 Å². The van der Waals surface area contributed by atoms with Crippen molar-refractivity contribution in [3.05, 3.63) is 88.5 Å². The second-order valence-corrected chi connectivity index (χ2v) is 9.51. The zero-order valence-electron chi connectivity index (χ0n) is 21.5. The number of nitrogens with zero attached hydrogens (tertiary/aromatic N) is 2. The first-order valence-electron chi connectivity index (χ1n) is 12.3. The molecule has 0 unspecified atom stereocenters. The van der Waals surface area contributed by atoms with Crippen LogP contribution in [0.15, 0.2) is 65.6 Å². The molecule has 0 spiro atoms. The quantitative estimate of drug-likeness (QED) is 0.224. The highest BCUT2D eigenvalue weighted by atomic mass is 32.2. The van der Waals surface area contributed by atoms with Gasteiger partial charge in [0.2, 0.25) is 0 Å². The van der Waals surface area contributed by atoms with Gasteiger partial charge in [0.1, 0.15) is 0 Å². The number of benzene rings is 3. The molecule has 0 saturated carbocycles. The molecule has 2 nitrogen and oxygen atoms in total. The smallest absolute Gasteiger partial charge is 0.0368 e. The van der Waals surface area contributed by atoms with Crippen molar-refractivity contribution in [3.8, 4) is 0 Å². The van der Waals surface area contributed by atoms with E-state index in [9.17, 15) is 0 Å². The minimum absolute atomic E-state index is 0.220. The average molecular weight is 461 g/mol. The highest BCUT2D eigenvalue weighted by Gasteiger charge is 2.22. The van der Waals surface area contributed by atoms with Crippen LogP contribution in [-0.4, -0.2) is 32.4 Å². The van der Waals surface area contributed by atoms with Crippen molar-refractivity contribution in [2.24, 2.45) is 0 Å². The van der Waals surface area contributed by atoms with Crippen LogP contribution in [-0.2, 0) is 0 Å². The standard InChI is InChI=1S/C30H40N2S/c1-8-31(9-2)25-14-18-28(22(5)20-25)30(24-12-16-27(33-7)17-13-24)29-19-15-26(21-23(29)6)32(10-3)11-4/h12-21,30H,8-11H2,1-7H3. The van der Waals surface area contributed by atoms with Crippen molar-refractivity contribution < 1.29 is 0 Å². The molecule has 0 aliphatic rings.